The van der Waals surface area contributed by atoms with Gasteiger partial charge in [-0.15, -0.1) is 0 Å². The van der Waals surface area contributed by atoms with Crippen molar-refractivity contribution in [1.82, 2.24) is 9.21 Å². The highest BCUT2D eigenvalue weighted by Crippen LogP contribution is 2.27. The molecule has 3 rings (SSSR count). The second-order valence-electron chi connectivity index (χ2n) is 8.25. The number of carbonyl (C=O) groups is 1. The maximum atomic E-state index is 13.0. The van der Waals surface area contributed by atoms with E-state index in [9.17, 15) is 13.2 Å². The van der Waals surface area contributed by atoms with Gasteiger partial charge < -0.3 is 5.32 Å². The van der Waals surface area contributed by atoms with E-state index in [0.717, 1.165) is 16.4 Å². The molecule has 0 unspecified atom stereocenters. The van der Waals surface area contributed by atoms with E-state index in [1.807, 2.05) is 24.3 Å². The Labute approximate surface area is 190 Å². The van der Waals surface area contributed by atoms with Crippen LogP contribution >= 0.6 is 11.6 Å². The Morgan fingerprint density at radius 2 is 1.74 bits per heavy atom. The van der Waals surface area contributed by atoms with E-state index in [1.54, 1.807) is 0 Å². The molecule has 6 nitrogen and oxygen atoms in total. The van der Waals surface area contributed by atoms with Gasteiger partial charge in [0, 0.05) is 32.4 Å². The molecule has 31 heavy (non-hydrogen) atoms. The predicted octanol–water partition coefficient (Wildman–Crippen LogP) is 4.61. The van der Waals surface area contributed by atoms with Gasteiger partial charge in [0.25, 0.3) is 5.91 Å². The minimum absolute atomic E-state index is 0.0253. The van der Waals surface area contributed by atoms with Crippen LogP contribution in [0, 0.1) is 0 Å². The number of rotatable bonds is 7. The minimum Gasteiger partial charge on any atom is -0.322 e. The molecule has 1 saturated carbocycles. The Kier molecular flexibility index (Phi) is 7.75. The molecular formula is C23H30ClN3O3S. The number of anilines is 1. The number of hydrogen-bond acceptors (Lipinski definition) is 4. The van der Waals surface area contributed by atoms with Crippen LogP contribution in [0.2, 0.25) is 5.02 Å². The van der Waals surface area contributed by atoms with E-state index in [4.69, 9.17) is 11.6 Å². The Hall–Kier alpha value is -1.93. The molecule has 0 bridgehead atoms. The lowest BCUT2D eigenvalue weighted by molar-refractivity contribution is 0.102. The molecule has 0 saturated heterocycles. The van der Waals surface area contributed by atoms with Gasteiger partial charge in [0.1, 0.15) is 0 Å². The van der Waals surface area contributed by atoms with Crippen LogP contribution in [0.5, 0.6) is 0 Å². The number of benzene rings is 2. The average molecular weight is 464 g/mol. The first kappa shape index (κ1) is 23.7. The third kappa shape index (κ3) is 5.66. The van der Waals surface area contributed by atoms with Crippen molar-refractivity contribution in [1.29, 1.82) is 0 Å². The Morgan fingerprint density at radius 3 is 2.42 bits per heavy atom. The molecule has 1 aliphatic carbocycles. The molecule has 0 spiro atoms. The number of nitrogens with zero attached hydrogens (tertiary/aromatic N) is 2. The number of nitrogens with one attached hydrogen (secondary N) is 1. The van der Waals surface area contributed by atoms with Crippen molar-refractivity contribution in [3.8, 4) is 0 Å². The van der Waals surface area contributed by atoms with Crippen molar-refractivity contribution in [2.24, 2.45) is 0 Å². The lowest BCUT2D eigenvalue weighted by atomic mass is 9.94. The van der Waals surface area contributed by atoms with Gasteiger partial charge in [-0.25, -0.2) is 12.7 Å². The van der Waals surface area contributed by atoms with Crippen LogP contribution in [-0.2, 0) is 16.6 Å². The van der Waals surface area contributed by atoms with E-state index in [0.29, 0.717) is 11.7 Å². The summed E-state index contributed by atoms with van der Waals surface area (Å²) in [5.74, 6) is -0.437. The van der Waals surface area contributed by atoms with Gasteiger partial charge in [0.15, 0.2) is 0 Å². The van der Waals surface area contributed by atoms with Crippen molar-refractivity contribution in [2.45, 2.75) is 49.6 Å². The molecule has 8 heteroatoms. The first-order chi connectivity index (χ1) is 14.7. The number of halogens is 1. The normalized spacial score (nSPS) is 15.4. The van der Waals surface area contributed by atoms with Crippen molar-refractivity contribution in [3.63, 3.8) is 0 Å². The number of hydrogen-bond donors (Lipinski definition) is 1. The summed E-state index contributed by atoms with van der Waals surface area (Å²) in [5, 5.41) is 3.13. The van der Waals surface area contributed by atoms with Gasteiger partial charge in [0.05, 0.1) is 15.5 Å². The molecule has 1 fully saturated rings. The average Bonchev–Trinajstić information content (AvgIpc) is 2.75. The number of sulfonamides is 1. The minimum atomic E-state index is -3.67. The molecule has 0 heterocycles. The third-order valence-corrected chi connectivity index (χ3v) is 7.99. The summed E-state index contributed by atoms with van der Waals surface area (Å²) >= 11 is 6.24. The van der Waals surface area contributed by atoms with Gasteiger partial charge >= 0.3 is 0 Å². The Balaban J connectivity index is 1.81. The van der Waals surface area contributed by atoms with Crippen LogP contribution < -0.4 is 5.32 Å². The summed E-state index contributed by atoms with van der Waals surface area (Å²) in [5.41, 5.74) is 1.84. The summed E-state index contributed by atoms with van der Waals surface area (Å²) in [6, 6.07) is 12.4. The second-order valence-corrected chi connectivity index (χ2v) is 10.8. The highest BCUT2D eigenvalue weighted by molar-refractivity contribution is 7.89. The maximum Gasteiger partial charge on any atom is 0.257 e. The van der Waals surface area contributed by atoms with Crippen LogP contribution in [0.3, 0.4) is 0 Å². The Bertz CT molecular complexity index is 1030. The highest BCUT2D eigenvalue weighted by atomic mass is 35.5. The largest absolute Gasteiger partial charge is 0.322 e. The predicted molar refractivity (Wildman–Crippen MR) is 125 cm³/mol. The van der Waals surface area contributed by atoms with Crippen molar-refractivity contribution in [2.75, 3.05) is 26.5 Å². The molecule has 0 aromatic heterocycles. The quantitative estimate of drug-likeness (QED) is 0.651. The molecular weight excluding hydrogens is 434 g/mol. The van der Waals surface area contributed by atoms with Gasteiger partial charge in [-0.05, 0) is 49.7 Å². The standard InChI is InChI=1S/C23H30ClN3O3S/c1-26(2)31(29,30)19-13-14-21(24)20(15-19)23(28)25-22-12-8-7-9-17(22)16-27(3)18-10-5-4-6-11-18/h7-9,12-15,18H,4-6,10-11,16H2,1-3H3,(H,25,28). The molecule has 1 N–H and O–H groups in total. The van der Waals surface area contributed by atoms with Crippen molar-refractivity contribution >= 4 is 33.2 Å². The summed E-state index contributed by atoms with van der Waals surface area (Å²) in [4.78, 5) is 15.4. The topological polar surface area (TPSA) is 69.7 Å². The van der Waals surface area contributed by atoms with Crippen LogP contribution in [0.1, 0.15) is 48.0 Å². The molecule has 0 radical (unpaired) electrons. The molecule has 2 aromatic rings. The summed E-state index contributed by atoms with van der Waals surface area (Å²) in [7, 11) is 1.35. The highest BCUT2D eigenvalue weighted by Gasteiger charge is 2.22. The lowest BCUT2D eigenvalue weighted by Crippen LogP contribution is -2.33. The maximum absolute atomic E-state index is 13.0. The fourth-order valence-corrected chi connectivity index (χ4v) is 5.07. The van der Waals surface area contributed by atoms with Crippen LogP contribution in [0.25, 0.3) is 0 Å². The van der Waals surface area contributed by atoms with Crippen LogP contribution in [-0.4, -0.2) is 50.7 Å². The molecule has 0 atom stereocenters. The number of amides is 1. The van der Waals surface area contributed by atoms with E-state index in [2.05, 4.69) is 17.3 Å². The van der Waals surface area contributed by atoms with Crippen LogP contribution in [0.4, 0.5) is 5.69 Å². The molecule has 1 aliphatic rings. The van der Waals surface area contributed by atoms with Gasteiger partial charge in [0.2, 0.25) is 10.0 Å². The van der Waals surface area contributed by atoms with E-state index in [1.165, 1.54) is 64.4 Å². The van der Waals surface area contributed by atoms with Gasteiger partial charge in [-0.3, -0.25) is 9.69 Å². The summed E-state index contributed by atoms with van der Waals surface area (Å²) in [6.07, 6.45) is 6.23. The van der Waals surface area contributed by atoms with E-state index < -0.39 is 15.9 Å². The second kappa shape index (κ2) is 10.1. The van der Waals surface area contributed by atoms with Gasteiger partial charge in [-0.2, -0.15) is 0 Å². The zero-order valence-corrected chi connectivity index (χ0v) is 19.8. The number of carbonyl (C=O) groups excluding carboxylic acids is 1. The fourth-order valence-electron chi connectivity index (χ4n) is 3.94. The first-order valence-electron chi connectivity index (χ1n) is 10.5. The summed E-state index contributed by atoms with van der Waals surface area (Å²) < 4.78 is 26.0. The third-order valence-electron chi connectivity index (χ3n) is 5.84. The van der Waals surface area contributed by atoms with Crippen molar-refractivity contribution in [3.05, 3.63) is 58.6 Å². The Morgan fingerprint density at radius 1 is 1.06 bits per heavy atom. The molecule has 168 valence electrons. The summed E-state index contributed by atoms with van der Waals surface area (Å²) in [6.45, 7) is 0.726. The fraction of sp³-hybridized carbons (Fsp3) is 0.435. The zero-order chi connectivity index (χ0) is 22.6. The molecule has 0 aliphatic heterocycles. The van der Waals surface area contributed by atoms with E-state index in [-0.39, 0.29) is 15.5 Å². The van der Waals surface area contributed by atoms with Gasteiger partial charge in [-0.1, -0.05) is 49.1 Å². The van der Waals surface area contributed by atoms with Crippen molar-refractivity contribution < 1.29 is 13.2 Å². The van der Waals surface area contributed by atoms with Crippen LogP contribution in [0.15, 0.2) is 47.4 Å². The molecule has 1 amide bonds. The lowest BCUT2D eigenvalue weighted by Gasteiger charge is -2.31. The van der Waals surface area contributed by atoms with E-state index >= 15 is 0 Å². The molecule has 2 aromatic carbocycles. The SMILES string of the molecule is CN(Cc1ccccc1NC(=O)c1cc(S(=O)(=O)N(C)C)ccc1Cl)C1CCCCC1. The zero-order valence-electron chi connectivity index (χ0n) is 18.3. The first-order valence-corrected chi connectivity index (χ1v) is 12.3. The number of para-hydroxylation sites is 1. The monoisotopic (exact) mass is 463 g/mol. The smallest absolute Gasteiger partial charge is 0.257 e.